The third-order valence-electron chi connectivity index (χ3n) is 2.50. The van der Waals surface area contributed by atoms with E-state index in [0.29, 0.717) is 13.1 Å². The van der Waals surface area contributed by atoms with Crippen LogP contribution in [-0.4, -0.2) is 19.7 Å². The monoisotopic (exact) mass is 251 g/mol. The van der Waals surface area contributed by atoms with Crippen LogP contribution in [0.4, 0.5) is 0 Å². The number of hydrogen-bond acceptors (Lipinski definition) is 4. The highest BCUT2D eigenvalue weighted by Crippen LogP contribution is 2.18. The van der Waals surface area contributed by atoms with Gasteiger partial charge >= 0.3 is 0 Å². The highest BCUT2D eigenvalue weighted by atomic mass is 35.5. The van der Waals surface area contributed by atoms with Crippen LogP contribution in [0, 0.1) is 6.92 Å². The summed E-state index contributed by atoms with van der Waals surface area (Å²) in [5.74, 6) is 0. The molecule has 0 saturated heterocycles. The molecule has 0 radical (unpaired) electrons. The molecule has 2 aromatic heterocycles. The minimum absolute atomic E-state index is 0.667. The van der Waals surface area contributed by atoms with Crippen molar-refractivity contribution in [3.05, 3.63) is 40.7 Å². The van der Waals surface area contributed by atoms with E-state index in [2.05, 4.69) is 20.4 Å². The quantitative estimate of drug-likeness (QED) is 0.894. The van der Waals surface area contributed by atoms with Crippen molar-refractivity contribution in [1.29, 1.82) is 0 Å². The van der Waals surface area contributed by atoms with Crippen LogP contribution >= 0.6 is 11.6 Å². The van der Waals surface area contributed by atoms with Crippen LogP contribution in [0.2, 0.25) is 5.02 Å². The molecule has 0 spiro atoms. The Bertz CT molecular complexity index is 494. The van der Waals surface area contributed by atoms with Gasteiger partial charge in [0.15, 0.2) is 0 Å². The Morgan fingerprint density at radius 3 is 2.82 bits per heavy atom. The van der Waals surface area contributed by atoms with Gasteiger partial charge in [0.1, 0.15) is 6.33 Å². The van der Waals surface area contributed by atoms with Crippen molar-refractivity contribution < 1.29 is 0 Å². The summed E-state index contributed by atoms with van der Waals surface area (Å²) in [6, 6.07) is 1.88. The molecule has 0 aromatic carbocycles. The summed E-state index contributed by atoms with van der Waals surface area (Å²) in [7, 11) is 1.89. The predicted octanol–water partition coefficient (Wildman–Crippen LogP) is 1.46. The molecule has 2 heterocycles. The Labute approximate surface area is 105 Å². The van der Waals surface area contributed by atoms with Crippen LogP contribution in [0.25, 0.3) is 0 Å². The number of aromatic nitrogens is 4. The summed E-state index contributed by atoms with van der Waals surface area (Å²) >= 11 is 6.15. The van der Waals surface area contributed by atoms with E-state index in [9.17, 15) is 0 Å². The average molecular weight is 252 g/mol. The van der Waals surface area contributed by atoms with Crippen molar-refractivity contribution in [3.63, 3.8) is 0 Å². The van der Waals surface area contributed by atoms with E-state index in [1.165, 1.54) is 6.33 Å². The Morgan fingerprint density at radius 1 is 1.41 bits per heavy atom. The van der Waals surface area contributed by atoms with Crippen molar-refractivity contribution >= 4 is 11.6 Å². The number of aryl methyl sites for hydroxylation is 2. The fraction of sp³-hybridized carbons (Fsp3) is 0.364. The molecule has 0 bridgehead atoms. The minimum atomic E-state index is 0.667. The number of nitrogens with zero attached hydrogens (tertiary/aromatic N) is 4. The molecule has 0 aliphatic rings. The summed E-state index contributed by atoms with van der Waals surface area (Å²) in [4.78, 5) is 8.00. The molecule has 1 N–H and O–H groups in total. The second-order valence-corrected chi connectivity index (χ2v) is 4.15. The molecule has 0 amide bonds. The van der Waals surface area contributed by atoms with E-state index < -0.39 is 0 Å². The van der Waals surface area contributed by atoms with Crippen LogP contribution in [0.5, 0.6) is 0 Å². The van der Waals surface area contributed by atoms with Gasteiger partial charge in [-0.15, -0.1) is 0 Å². The first kappa shape index (κ1) is 12.0. The largest absolute Gasteiger partial charge is 0.305 e. The number of halogens is 1. The van der Waals surface area contributed by atoms with Gasteiger partial charge in [0, 0.05) is 26.3 Å². The van der Waals surface area contributed by atoms with Gasteiger partial charge in [0.25, 0.3) is 0 Å². The lowest BCUT2D eigenvalue weighted by atomic mass is 10.3. The molecule has 0 fully saturated rings. The maximum Gasteiger partial charge on any atom is 0.115 e. The number of rotatable bonds is 4. The summed E-state index contributed by atoms with van der Waals surface area (Å²) in [5, 5.41) is 8.26. The third kappa shape index (κ3) is 2.81. The Hall–Kier alpha value is -1.46. The highest BCUT2D eigenvalue weighted by molar-refractivity contribution is 6.31. The molecule has 0 saturated carbocycles. The van der Waals surface area contributed by atoms with Crippen LogP contribution < -0.4 is 5.32 Å². The van der Waals surface area contributed by atoms with E-state index in [1.54, 1.807) is 10.9 Å². The number of nitrogens with one attached hydrogen (secondary N) is 1. The molecule has 2 aromatic rings. The lowest BCUT2D eigenvalue weighted by molar-refractivity contribution is 0.618. The molecule has 0 aliphatic heterocycles. The smallest absolute Gasteiger partial charge is 0.115 e. The van der Waals surface area contributed by atoms with Gasteiger partial charge < -0.3 is 5.32 Å². The highest BCUT2D eigenvalue weighted by Gasteiger charge is 2.10. The summed E-state index contributed by atoms with van der Waals surface area (Å²) in [5.41, 5.74) is 2.79. The summed E-state index contributed by atoms with van der Waals surface area (Å²) in [6.07, 6.45) is 3.27. The van der Waals surface area contributed by atoms with Gasteiger partial charge in [-0.3, -0.25) is 4.68 Å². The molecule has 5 nitrogen and oxygen atoms in total. The molecule has 90 valence electrons. The molecule has 6 heteroatoms. The van der Waals surface area contributed by atoms with E-state index in [1.807, 2.05) is 20.0 Å². The SMILES string of the molecule is Cc1nn(C)c(CNCc2ccncn2)c1Cl. The van der Waals surface area contributed by atoms with Crippen LogP contribution in [-0.2, 0) is 20.1 Å². The first-order chi connectivity index (χ1) is 8.18. The molecule has 2 rings (SSSR count). The van der Waals surface area contributed by atoms with E-state index >= 15 is 0 Å². The third-order valence-corrected chi connectivity index (χ3v) is 3.00. The van der Waals surface area contributed by atoms with Crippen LogP contribution in [0.1, 0.15) is 17.1 Å². The Kier molecular flexibility index (Phi) is 3.71. The van der Waals surface area contributed by atoms with Crippen molar-refractivity contribution in [2.75, 3.05) is 0 Å². The minimum Gasteiger partial charge on any atom is -0.305 e. The lowest BCUT2D eigenvalue weighted by Crippen LogP contribution is -2.16. The van der Waals surface area contributed by atoms with E-state index in [0.717, 1.165) is 22.1 Å². The first-order valence-electron chi connectivity index (χ1n) is 5.32. The second-order valence-electron chi connectivity index (χ2n) is 3.77. The van der Waals surface area contributed by atoms with Crippen molar-refractivity contribution in [2.45, 2.75) is 20.0 Å². The maximum absolute atomic E-state index is 6.15. The fourth-order valence-corrected chi connectivity index (χ4v) is 1.83. The lowest BCUT2D eigenvalue weighted by Gasteiger charge is -2.05. The first-order valence-corrected chi connectivity index (χ1v) is 5.70. The van der Waals surface area contributed by atoms with Crippen molar-refractivity contribution in [3.8, 4) is 0 Å². The molecular weight excluding hydrogens is 238 g/mol. The molecule has 0 aliphatic carbocycles. The fourth-order valence-electron chi connectivity index (χ4n) is 1.60. The zero-order valence-electron chi connectivity index (χ0n) is 9.81. The normalized spacial score (nSPS) is 10.8. The summed E-state index contributed by atoms with van der Waals surface area (Å²) in [6.45, 7) is 3.25. The van der Waals surface area contributed by atoms with Crippen molar-refractivity contribution in [2.24, 2.45) is 7.05 Å². The van der Waals surface area contributed by atoms with Gasteiger partial charge in [-0.05, 0) is 13.0 Å². The van der Waals surface area contributed by atoms with Gasteiger partial charge in [-0.2, -0.15) is 5.10 Å². The maximum atomic E-state index is 6.15. The zero-order valence-corrected chi connectivity index (χ0v) is 10.6. The van der Waals surface area contributed by atoms with E-state index in [4.69, 9.17) is 11.6 Å². The Morgan fingerprint density at radius 2 is 2.24 bits per heavy atom. The molecular formula is C11H14ClN5. The van der Waals surface area contributed by atoms with E-state index in [-0.39, 0.29) is 0 Å². The van der Waals surface area contributed by atoms with Gasteiger partial charge in [0.2, 0.25) is 0 Å². The predicted molar refractivity (Wildman–Crippen MR) is 65.5 cm³/mol. The molecule has 17 heavy (non-hydrogen) atoms. The van der Waals surface area contributed by atoms with Gasteiger partial charge in [-0.1, -0.05) is 11.6 Å². The summed E-state index contributed by atoms with van der Waals surface area (Å²) < 4.78 is 1.80. The molecule has 0 unspecified atom stereocenters. The van der Waals surface area contributed by atoms with Crippen LogP contribution in [0.3, 0.4) is 0 Å². The Balaban J connectivity index is 1.95. The zero-order chi connectivity index (χ0) is 12.3. The molecule has 0 atom stereocenters. The van der Waals surface area contributed by atoms with Gasteiger partial charge in [0.05, 0.1) is 22.1 Å². The average Bonchev–Trinajstić information content (AvgIpc) is 2.57. The van der Waals surface area contributed by atoms with Crippen LogP contribution in [0.15, 0.2) is 18.6 Å². The number of hydrogen-bond donors (Lipinski definition) is 1. The standard InChI is InChI=1S/C11H14ClN5/c1-8-11(12)10(17(2)16-8)6-14-5-9-3-4-13-7-15-9/h3-4,7,14H,5-6H2,1-2H3. The van der Waals surface area contributed by atoms with Crippen molar-refractivity contribution in [1.82, 2.24) is 25.1 Å². The topological polar surface area (TPSA) is 55.6 Å². The second kappa shape index (κ2) is 5.25. The van der Waals surface area contributed by atoms with Gasteiger partial charge in [-0.25, -0.2) is 9.97 Å².